The summed E-state index contributed by atoms with van der Waals surface area (Å²) in [6, 6.07) is 4.05. The zero-order valence-corrected chi connectivity index (χ0v) is 14.1. The lowest BCUT2D eigenvalue weighted by molar-refractivity contribution is -0.150. The van der Waals surface area contributed by atoms with Crippen molar-refractivity contribution in [3.8, 4) is 0 Å². The molecular formula is C18H27N3O2. The van der Waals surface area contributed by atoms with Crippen molar-refractivity contribution >= 4 is 5.91 Å². The molecule has 2 saturated heterocycles. The van der Waals surface area contributed by atoms with Gasteiger partial charge in [0.2, 0.25) is 5.91 Å². The summed E-state index contributed by atoms with van der Waals surface area (Å²) in [7, 11) is 0. The van der Waals surface area contributed by atoms with E-state index in [0.717, 1.165) is 25.9 Å². The van der Waals surface area contributed by atoms with Crippen LogP contribution in [0.4, 0.5) is 0 Å². The Morgan fingerprint density at radius 1 is 1.30 bits per heavy atom. The molecule has 1 aromatic heterocycles. The van der Waals surface area contributed by atoms with Gasteiger partial charge in [-0.3, -0.25) is 14.7 Å². The number of hydrogen-bond acceptors (Lipinski definition) is 4. The second kappa shape index (κ2) is 7.41. The Bertz CT molecular complexity index is 512. The molecule has 0 aliphatic carbocycles. The summed E-state index contributed by atoms with van der Waals surface area (Å²) < 4.78 is 5.76. The fourth-order valence-electron chi connectivity index (χ4n) is 3.75. The van der Waals surface area contributed by atoms with E-state index < -0.39 is 0 Å². The topological polar surface area (TPSA) is 45.7 Å². The number of nitrogens with zero attached hydrogens (tertiary/aromatic N) is 3. The standard InChI is InChI=1S/C18H27N3O2/c1-14-11-21(12-15(2)23-14)18(22)17-7-3-4-9-20(17)13-16-6-5-8-19-10-16/h5-6,8,10,14-15,17H,3-4,7,9,11-13H2,1-2H3/t14-,15+,17-/m1/s1. The molecule has 5 nitrogen and oxygen atoms in total. The minimum atomic E-state index is 0.00135. The molecule has 1 aromatic rings. The highest BCUT2D eigenvalue weighted by atomic mass is 16.5. The van der Waals surface area contributed by atoms with Crippen molar-refractivity contribution in [2.24, 2.45) is 0 Å². The fourth-order valence-corrected chi connectivity index (χ4v) is 3.75. The summed E-state index contributed by atoms with van der Waals surface area (Å²) >= 11 is 0. The maximum Gasteiger partial charge on any atom is 0.240 e. The Morgan fingerprint density at radius 2 is 2.09 bits per heavy atom. The Morgan fingerprint density at radius 3 is 2.78 bits per heavy atom. The van der Waals surface area contributed by atoms with Gasteiger partial charge in [0.25, 0.3) is 0 Å². The first-order valence-electron chi connectivity index (χ1n) is 8.70. The molecule has 126 valence electrons. The number of rotatable bonds is 3. The van der Waals surface area contributed by atoms with Crippen molar-refractivity contribution in [3.05, 3.63) is 30.1 Å². The zero-order valence-electron chi connectivity index (χ0n) is 14.1. The summed E-state index contributed by atoms with van der Waals surface area (Å²) in [5, 5.41) is 0. The molecule has 0 unspecified atom stereocenters. The maximum atomic E-state index is 13.1. The van der Waals surface area contributed by atoms with Crippen molar-refractivity contribution in [3.63, 3.8) is 0 Å². The van der Waals surface area contributed by atoms with Gasteiger partial charge in [0.15, 0.2) is 0 Å². The lowest BCUT2D eigenvalue weighted by Crippen LogP contribution is -2.56. The molecule has 0 radical (unpaired) electrons. The average molecular weight is 317 g/mol. The van der Waals surface area contributed by atoms with Crippen molar-refractivity contribution in [1.29, 1.82) is 0 Å². The largest absolute Gasteiger partial charge is 0.372 e. The lowest BCUT2D eigenvalue weighted by Gasteiger charge is -2.41. The number of amides is 1. The van der Waals surface area contributed by atoms with E-state index in [1.54, 1.807) is 6.20 Å². The number of carbonyl (C=O) groups excluding carboxylic acids is 1. The van der Waals surface area contributed by atoms with Crippen LogP contribution in [0.15, 0.2) is 24.5 Å². The number of ether oxygens (including phenoxy) is 1. The first-order chi connectivity index (χ1) is 11.1. The molecule has 0 aromatic carbocycles. The predicted molar refractivity (Wildman–Crippen MR) is 88.9 cm³/mol. The van der Waals surface area contributed by atoms with E-state index in [9.17, 15) is 4.79 Å². The number of morpholine rings is 1. The van der Waals surface area contributed by atoms with Crippen LogP contribution in [0.2, 0.25) is 0 Å². The second-order valence-electron chi connectivity index (χ2n) is 6.84. The van der Waals surface area contributed by atoms with Crippen LogP contribution in [0, 0.1) is 0 Å². The molecule has 3 atom stereocenters. The van der Waals surface area contributed by atoms with Crippen LogP contribution in [0.25, 0.3) is 0 Å². The maximum absolute atomic E-state index is 13.1. The Kier molecular flexibility index (Phi) is 5.28. The van der Waals surface area contributed by atoms with Crippen molar-refractivity contribution in [2.45, 2.75) is 57.9 Å². The van der Waals surface area contributed by atoms with Crippen LogP contribution in [0.3, 0.4) is 0 Å². The smallest absolute Gasteiger partial charge is 0.240 e. The van der Waals surface area contributed by atoms with Gasteiger partial charge in [0, 0.05) is 32.0 Å². The van der Waals surface area contributed by atoms with Gasteiger partial charge < -0.3 is 9.64 Å². The lowest BCUT2D eigenvalue weighted by atomic mass is 9.99. The highest BCUT2D eigenvalue weighted by Crippen LogP contribution is 2.23. The summed E-state index contributed by atoms with van der Waals surface area (Å²) in [5.74, 6) is 0.274. The van der Waals surface area contributed by atoms with Crippen LogP contribution in [-0.4, -0.2) is 58.6 Å². The van der Waals surface area contributed by atoms with Crippen molar-refractivity contribution in [1.82, 2.24) is 14.8 Å². The first-order valence-corrected chi connectivity index (χ1v) is 8.70. The second-order valence-corrected chi connectivity index (χ2v) is 6.84. The van der Waals surface area contributed by atoms with E-state index >= 15 is 0 Å². The van der Waals surface area contributed by atoms with E-state index in [1.807, 2.05) is 31.0 Å². The van der Waals surface area contributed by atoms with Gasteiger partial charge in [-0.25, -0.2) is 0 Å². The van der Waals surface area contributed by atoms with E-state index in [-0.39, 0.29) is 24.2 Å². The minimum Gasteiger partial charge on any atom is -0.372 e. The van der Waals surface area contributed by atoms with Gasteiger partial charge in [-0.2, -0.15) is 0 Å². The Balaban J connectivity index is 1.69. The van der Waals surface area contributed by atoms with Crippen LogP contribution >= 0.6 is 0 Å². The number of carbonyl (C=O) groups is 1. The van der Waals surface area contributed by atoms with Gasteiger partial charge >= 0.3 is 0 Å². The van der Waals surface area contributed by atoms with Crippen LogP contribution < -0.4 is 0 Å². The number of pyridine rings is 1. The van der Waals surface area contributed by atoms with E-state index in [4.69, 9.17) is 4.74 Å². The fraction of sp³-hybridized carbons (Fsp3) is 0.667. The molecule has 2 aliphatic rings. The number of hydrogen-bond donors (Lipinski definition) is 0. The predicted octanol–water partition coefficient (Wildman–Crippen LogP) is 2.07. The molecule has 0 spiro atoms. The van der Waals surface area contributed by atoms with Gasteiger partial charge in [0.05, 0.1) is 18.2 Å². The molecule has 23 heavy (non-hydrogen) atoms. The molecule has 5 heteroatoms. The van der Waals surface area contributed by atoms with Gasteiger partial charge in [-0.15, -0.1) is 0 Å². The molecule has 0 N–H and O–H groups in total. The van der Waals surface area contributed by atoms with Gasteiger partial charge in [0.1, 0.15) is 0 Å². The van der Waals surface area contributed by atoms with E-state index in [1.165, 1.54) is 12.0 Å². The van der Waals surface area contributed by atoms with Crippen molar-refractivity contribution < 1.29 is 9.53 Å². The Labute approximate surface area is 138 Å². The molecule has 1 amide bonds. The van der Waals surface area contributed by atoms with Crippen LogP contribution in [0.5, 0.6) is 0 Å². The summed E-state index contributed by atoms with van der Waals surface area (Å²) in [6.07, 6.45) is 7.19. The number of piperidine rings is 1. The summed E-state index contributed by atoms with van der Waals surface area (Å²) in [5.41, 5.74) is 1.18. The molecule has 3 rings (SSSR count). The van der Waals surface area contributed by atoms with Gasteiger partial charge in [-0.05, 0) is 44.9 Å². The average Bonchev–Trinajstić information content (AvgIpc) is 2.55. The normalized spacial score (nSPS) is 29.5. The first kappa shape index (κ1) is 16.4. The molecular weight excluding hydrogens is 290 g/mol. The summed E-state index contributed by atoms with van der Waals surface area (Å²) in [4.78, 5) is 21.6. The third-order valence-corrected chi connectivity index (χ3v) is 4.74. The molecule has 0 bridgehead atoms. The number of aromatic nitrogens is 1. The van der Waals surface area contributed by atoms with Crippen molar-refractivity contribution in [2.75, 3.05) is 19.6 Å². The highest BCUT2D eigenvalue weighted by Gasteiger charge is 2.35. The minimum absolute atomic E-state index is 0.00135. The quantitative estimate of drug-likeness (QED) is 0.856. The van der Waals surface area contributed by atoms with E-state index in [2.05, 4.69) is 16.0 Å². The van der Waals surface area contributed by atoms with Crippen LogP contribution in [-0.2, 0) is 16.1 Å². The SMILES string of the molecule is C[C@@H]1CN(C(=O)[C@H]2CCCCN2Cc2cccnc2)C[C@H](C)O1. The third kappa shape index (κ3) is 4.09. The summed E-state index contributed by atoms with van der Waals surface area (Å²) in [6.45, 7) is 7.30. The molecule has 0 saturated carbocycles. The van der Waals surface area contributed by atoms with Crippen LogP contribution in [0.1, 0.15) is 38.7 Å². The monoisotopic (exact) mass is 317 g/mol. The Hall–Kier alpha value is -1.46. The number of likely N-dealkylation sites (tertiary alicyclic amines) is 1. The third-order valence-electron chi connectivity index (χ3n) is 4.74. The zero-order chi connectivity index (χ0) is 16.2. The molecule has 2 fully saturated rings. The molecule has 2 aliphatic heterocycles. The van der Waals surface area contributed by atoms with Gasteiger partial charge in [-0.1, -0.05) is 12.5 Å². The van der Waals surface area contributed by atoms with E-state index in [0.29, 0.717) is 13.1 Å². The highest BCUT2D eigenvalue weighted by molar-refractivity contribution is 5.82. The molecule has 3 heterocycles.